The summed E-state index contributed by atoms with van der Waals surface area (Å²) in [5.74, 6) is 0.113. The summed E-state index contributed by atoms with van der Waals surface area (Å²) in [6.07, 6.45) is 0.947. The fourth-order valence-electron chi connectivity index (χ4n) is 1.39. The molecule has 0 spiro atoms. The second-order valence-corrected chi connectivity index (χ2v) is 5.10. The van der Waals surface area contributed by atoms with Gasteiger partial charge in [-0.15, -0.1) is 0 Å². The average molecular weight is 273 g/mol. The van der Waals surface area contributed by atoms with Crippen LogP contribution in [0.5, 0.6) is 0 Å². The van der Waals surface area contributed by atoms with Crippen molar-refractivity contribution < 1.29 is 23.9 Å². The minimum absolute atomic E-state index is 0.113. The van der Waals surface area contributed by atoms with Gasteiger partial charge in [0.15, 0.2) is 5.78 Å². The van der Waals surface area contributed by atoms with Gasteiger partial charge in [-0.05, 0) is 34.1 Å². The molecule has 0 unspecified atom stereocenters. The van der Waals surface area contributed by atoms with Gasteiger partial charge in [0.2, 0.25) is 0 Å². The molecule has 0 aromatic rings. The number of rotatable bonds is 2. The molecule has 0 aromatic carbocycles. The normalized spacial score (nSPS) is 15.2. The maximum absolute atomic E-state index is 11.5. The Hall–Kier alpha value is -1.59. The largest absolute Gasteiger partial charge is 0.468 e. The molecule has 0 radical (unpaired) electrons. The highest BCUT2D eigenvalue weighted by Gasteiger charge is 2.26. The molecule has 19 heavy (non-hydrogen) atoms. The molecular weight excluding hydrogens is 250 g/mol. The number of piperidine rings is 1. The zero-order valence-corrected chi connectivity index (χ0v) is 12.1. The monoisotopic (exact) mass is 273 g/mol. The van der Waals surface area contributed by atoms with E-state index < -0.39 is 5.60 Å². The van der Waals surface area contributed by atoms with E-state index >= 15 is 0 Å². The number of nitrogens with zero attached hydrogens (tertiary/aromatic N) is 1. The van der Waals surface area contributed by atoms with Crippen LogP contribution in [0.1, 0.15) is 40.5 Å². The van der Waals surface area contributed by atoms with Crippen molar-refractivity contribution in [3.05, 3.63) is 0 Å². The van der Waals surface area contributed by atoms with Gasteiger partial charge in [0.05, 0.1) is 13.2 Å². The molecule has 1 heterocycles. The smallest absolute Gasteiger partial charge is 0.410 e. The fourth-order valence-corrected chi connectivity index (χ4v) is 1.39. The fraction of sp³-hybridized carbons (Fsp3) is 0.769. The average Bonchev–Trinajstić information content (AvgIpc) is 2.28. The molecule has 0 aliphatic carbocycles. The molecule has 0 aromatic heterocycles. The Bertz CT molecular complexity index is 309. The molecule has 1 aliphatic heterocycles. The molecule has 6 heteroatoms. The van der Waals surface area contributed by atoms with Crippen LogP contribution in [-0.4, -0.2) is 48.5 Å². The summed E-state index contributed by atoms with van der Waals surface area (Å²) in [6.45, 7) is 8.94. The predicted molar refractivity (Wildman–Crippen MR) is 69.7 cm³/mol. The minimum atomic E-state index is -0.489. The quantitative estimate of drug-likeness (QED) is 0.717. The number of carbonyl (C=O) groups is 3. The Morgan fingerprint density at radius 3 is 2.42 bits per heavy atom. The third kappa shape index (κ3) is 9.04. The Balaban J connectivity index is 0.000000555. The molecule has 1 rings (SSSR count). The summed E-state index contributed by atoms with van der Waals surface area (Å²) >= 11 is 0. The zero-order chi connectivity index (χ0) is 14.9. The van der Waals surface area contributed by atoms with E-state index in [1.165, 1.54) is 4.90 Å². The van der Waals surface area contributed by atoms with Gasteiger partial charge < -0.3 is 14.4 Å². The van der Waals surface area contributed by atoms with E-state index in [-0.39, 0.29) is 18.4 Å². The lowest BCUT2D eigenvalue weighted by Crippen LogP contribution is -2.43. The SMILES string of the molecule is CC(C)(C)OC(=O)N1CCCC(=O)C1.CCOC=O. The van der Waals surface area contributed by atoms with E-state index in [4.69, 9.17) is 4.74 Å². The van der Waals surface area contributed by atoms with E-state index in [1.807, 2.05) is 20.8 Å². The van der Waals surface area contributed by atoms with Crippen LogP contribution < -0.4 is 0 Å². The van der Waals surface area contributed by atoms with Crippen molar-refractivity contribution in [2.45, 2.75) is 46.1 Å². The molecule has 0 N–H and O–H groups in total. The summed E-state index contributed by atoms with van der Waals surface area (Å²) in [5, 5.41) is 0. The molecule has 6 nitrogen and oxygen atoms in total. The number of ether oxygens (including phenoxy) is 2. The first-order valence-corrected chi connectivity index (χ1v) is 6.35. The summed E-state index contributed by atoms with van der Waals surface area (Å²) < 4.78 is 9.31. The molecule has 0 atom stereocenters. The molecule has 0 saturated carbocycles. The number of likely N-dealkylation sites (tertiary alicyclic amines) is 1. The van der Waals surface area contributed by atoms with Gasteiger partial charge in [0.1, 0.15) is 5.60 Å². The van der Waals surface area contributed by atoms with Crippen LogP contribution in [0.4, 0.5) is 4.79 Å². The van der Waals surface area contributed by atoms with Gasteiger partial charge in [0, 0.05) is 13.0 Å². The lowest BCUT2D eigenvalue weighted by Gasteiger charge is -2.29. The van der Waals surface area contributed by atoms with E-state index in [2.05, 4.69) is 4.74 Å². The van der Waals surface area contributed by atoms with Crippen LogP contribution in [0.3, 0.4) is 0 Å². The first kappa shape index (κ1) is 17.4. The number of ketones is 1. The molecule has 1 aliphatic rings. The third-order valence-electron chi connectivity index (χ3n) is 2.14. The van der Waals surface area contributed by atoms with E-state index in [0.717, 1.165) is 6.42 Å². The first-order valence-electron chi connectivity index (χ1n) is 6.35. The maximum atomic E-state index is 11.5. The van der Waals surface area contributed by atoms with Crippen LogP contribution in [-0.2, 0) is 19.1 Å². The van der Waals surface area contributed by atoms with E-state index in [0.29, 0.717) is 26.0 Å². The van der Waals surface area contributed by atoms with Gasteiger partial charge in [-0.1, -0.05) is 0 Å². The van der Waals surface area contributed by atoms with Crippen LogP contribution in [0.2, 0.25) is 0 Å². The summed E-state index contributed by atoms with van der Waals surface area (Å²) in [7, 11) is 0. The zero-order valence-electron chi connectivity index (χ0n) is 12.1. The number of Topliss-reactive ketones (excluding diaryl/α,β-unsaturated/α-hetero) is 1. The predicted octanol–water partition coefficient (Wildman–Crippen LogP) is 1.77. The van der Waals surface area contributed by atoms with Crippen LogP contribution in [0, 0.1) is 0 Å². The Morgan fingerprint density at radius 1 is 1.42 bits per heavy atom. The minimum Gasteiger partial charge on any atom is -0.468 e. The van der Waals surface area contributed by atoms with E-state index in [9.17, 15) is 14.4 Å². The third-order valence-corrected chi connectivity index (χ3v) is 2.14. The molecule has 110 valence electrons. The van der Waals surface area contributed by atoms with Crippen molar-refractivity contribution in [2.24, 2.45) is 0 Å². The molecule has 1 amide bonds. The van der Waals surface area contributed by atoms with Gasteiger partial charge in [-0.25, -0.2) is 4.79 Å². The van der Waals surface area contributed by atoms with Crippen molar-refractivity contribution in [3.8, 4) is 0 Å². The second-order valence-electron chi connectivity index (χ2n) is 5.10. The highest BCUT2D eigenvalue weighted by molar-refractivity contribution is 5.85. The van der Waals surface area contributed by atoms with Crippen molar-refractivity contribution in [2.75, 3.05) is 19.7 Å². The standard InChI is InChI=1S/C10H17NO3.C3H6O2/c1-10(2,3)14-9(13)11-6-4-5-8(12)7-11;1-2-5-3-4/h4-7H2,1-3H3;3H,2H2,1H3. The van der Waals surface area contributed by atoms with Crippen LogP contribution >= 0.6 is 0 Å². The Labute approximate surface area is 114 Å². The lowest BCUT2D eigenvalue weighted by atomic mass is 10.1. The van der Waals surface area contributed by atoms with Gasteiger partial charge >= 0.3 is 6.09 Å². The molecule has 1 fully saturated rings. The van der Waals surface area contributed by atoms with Gasteiger partial charge in [0.25, 0.3) is 6.47 Å². The number of hydrogen-bond acceptors (Lipinski definition) is 5. The summed E-state index contributed by atoms with van der Waals surface area (Å²) in [6, 6.07) is 0. The van der Waals surface area contributed by atoms with Crippen molar-refractivity contribution in [1.29, 1.82) is 0 Å². The highest BCUT2D eigenvalue weighted by Crippen LogP contribution is 2.13. The molecular formula is C13H23NO5. The lowest BCUT2D eigenvalue weighted by molar-refractivity contribution is -0.128. The second kappa shape index (κ2) is 8.50. The summed E-state index contributed by atoms with van der Waals surface area (Å²) in [5.41, 5.74) is -0.489. The van der Waals surface area contributed by atoms with Crippen molar-refractivity contribution in [3.63, 3.8) is 0 Å². The van der Waals surface area contributed by atoms with Crippen LogP contribution in [0.15, 0.2) is 0 Å². The van der Waals surface area contributed by atoms with Crippen molar-refractivity contribution >= 4 is 18.3 Å². The Kier molecular flexibility index (Phi) is 7.79. The summed E-state index contributed by atoms with van der Waals surface area (Å²) in [4.78, 5) is 33.3. The number of carbonyl (C=O) groups excluding carboxylic acids is 3. The topological polar surface area (TPSA) is 72.9 Å². The Morgan fingerprint density at radius 2 is 2.05 bits per heavy atom. The maximum Gasteiger partial charge on any atom is 0.410 e. The molecule has 0 bridgehead atoms. The van der Waals surface area contributed by atoms with E-state index in [1.54, 1.807) is 6.92 Å². The number of amides is 1. The highest BCUT2D eigenvalue weighted by atomic mass is 16.6. The van der Waals surface area contributed by atoms with Crippen LogP contribution in [0.25, 0.3) is 0 Å². The van der Waals surface area contributed by atoms with Gasteiger partial charge in [-0.2, -0.15) is 0 Å². The van der Waals surface area contributed by atoms with Crippen molar-refractivity contribution in [1.82, 2.24) is 4.90 Å². The first-order chi connectivity index (χ1) is 8.80. The molecule has 1 saturated heterocycles. The number of hydrogen-bond donors (Lipinski definition) is 0. The van der Waals surface area contributed by atoms with Gasteiger partial charge in [-0.3, -0.25) is 9.59 Å².